The van der Waals surface area contributed by atoms with Gasteiger partial charge in [-0.15, -0.1) is 0 Å². The fourth-order valence-electron chi connectivity index (χ4n) is 3.15. The quantitative estimate of drug-likeness (QED) is 0.699. The lowest BCUT2D eigenvalue weighted by molar-refractivity contribution is 0.198. The Labute approximate surface area is 156 Å². The number of nitrogens with one attached hydrogen (secondary N) is 1. The van der Waals surface area contributed by atoms with E-state index in [2.05, 4.69) is 46.3 Å². The van der Waals surface area contributed by atoms with Gasteiger partial charge in [0.15, 0.2) is 17.0 Å². The molecule has 144 valence electrons. The molecular weight excluding hydrogens is 348 g/mol. The lowest BCUT2D eigenvalue weighted by Crippen LogP contribution is -2.29. The van der Waals surface area contributed by atoms with Gasteiger partial charge in [0, 0.05) is 18.6 Å². The first-order valence-corrected chi connectivity index (χ1v) is 9.02. The maximum absolute atomic E-state index is 9.94. The maximum Gasteiger partial charge on any atom is 0.227 e. The number of aryl methyl sites for hydroxylation is 1. The smallest absolute Gasteiger partial charge is 0.227 e. The highest BCUT2D eigenvalue weighted by Gasteiger charge is 2.26. The summed E-state index contributed by atoms with van der Waals surface area (Å²) < 4.78 is 6.71. The standard InChI is InChI=1S/C17H24N8O2/c1-10-12(23-27-22-10)8-25-9-18-13-14(24-6-5-11(26)7-24)19-16(20-15(13)25)21-17(2,3)4/h9,11,26H,5-8H2,1-4H3,(H,19,20,21)/t11-/m0/s1. The van der Waals surface area contributed by atoms with Gasteiger partial charge in [-0.05, 0) is 34.1 Å². The van der Waals surface area contributed by atoms with Gasteiger partial charge >= 0.3 is 0 Å². The Hall–Kier alpha value is -2.75. The predicted octanol–water partition coefficient (Wildman–Crippen LogP) is 1.35. The van der Waals surface area contributed by atoms with Crippen molar-refractivity contribution in [2.24, 2.45) is 0 Å². The molecule has 0 spiro atoms. The average molecular weight is 372 g/mol. The molecular formula is C17H24N8O2. The molecule has 1 aliphatic rings. The van der Waals surface area contributed by atoms with E-state index in [0.29, 0.717) is 30.2 Å². The summed E-state index contributed by atoms with van der Waals surface area (Å²) in [6, 6.07) is 0. The fourth-order valence-corrected chi connectivity index (χ4v) is 3.15. The van der Waals surface area contributed by atoms with Crippen LogP contribution < -0.4 is 10.2 Å². The van der Waals surface area contributed by atoms with Crippen LogP contribution in [0.3, 0.4) is 0 Å². The van der Waals surface area contributed by atoms with Crippen molar-refractivity contribution < 1.29 is 9.74 Å². The van der Waals surface area contributed by atoms with E-state index in [4.69, 9.17) is 14.6 Å². The third-order valence-electron chi connectivity index (χ3n) is 4.46. The first-order valence-electron chi connectivity index (χ1n) is 9.02. The highest BCUT2D eigenvalue weighted by Crippen LogP contribution is 2.28. The van der Waals surface area contributed by atoms with Gasteiger partial charge in [0.05, 0.1) is 19.0 Å². The van der Waals surface area contributed by atoms with Crippen LogP contribution in [0.1, 0.15) is 38.6 Å². The van der Waals surface area contributed by atoms with E-state index in [1.165, 1.54) is 0 Å². The van der Waals surface area contributed by atoms with Crippen molar-refractivity contribution in [2.75, 3.05) is 23.3 Å². The maximum atomic E-state index is 9.94. The van der Waals surface area contributed by atoms with Gasteiger partial charge in [-0.3, -0.25) is 0 Å². The lowest BCUT2D eigenvalue weighted by atomic mass is 10.1. The number of aromatic nitrogens is 6. The predicted molar refractivity (Wildman–Crippen MR) is 99.7 cm³/mol. The van der Waals surface area contributed by atoms with Crippen LogP contribution in [0.15, 0.2) is 11.0 Å². The molecule has 1 fully saturated rings. The van der Waals surface area contributed by atoms with Gasteiger partial charge in [-0.1, -0.05) is 10.3 Å². The summed E-state index contributed by atoms with van der Waals surface area (Å²) in [4.78, 5) is 16.0. The molecule has 0 aliphatic carbocycles. The molecule has 3 aromatic rings. The zero-order valence-corrected chi connectivity index (χ0v) is 16.0. The van der Waals surface area contributed by atoms with E-state index in [9.17, 15) is 5.11 Å². The average Bonchev–Trinajstić information content (AvgIpc) is 3.28. The summed E-state index contributed by atoms with van der Waals surface area (Å²) in [7, 11) is 0. The highest BCUT2D eigenvalue weighted by atomic mass is 16.6. The second kappa shape index (κ2) is 6.45. The van der Waals surface area contributed by atoms with Gasteiger partial charge in [0.2, 0.25) is 5.95 Å². The van der Waals surface area contributed by atoms with Crippen LogP contribution in [0.5, 0.6) is 0 Å². The molecule has 1 saturated heterocycles. The topological polar surface area (TPSA) is 118 Å². The zero-order chi connectivity index (χ0) is 19.2. The minimum absolute atomic E-state index is 0.188. The summed E-state index contributed by atoms with van der Waals surface area (Å²) in [5.74, 6) is 1.26. The Bertz CT molecular complexity index is 958. The van der Waals surface area contributed by atoms with Crippen LogP contribution in [0.4, 0.5) is 11.8 Å². The Morgan fingerprint density at radius 3 is 2.74 bits per heavy atom. The van der Waals surface area contributed by atoms with Crippen molar-refractivity contribution in [3.8, 4) is 0 Å². The van der Waals surface area contributed by atoms with Crippen LogP contribution in [0, 0.1) is 6.92 Å². The van der Waals surface area contributed by atoms with Crippen molar-refractivity contribution in [1.82, 2.24) is 29.8 Å². The minimum Gasteiger partial charge on any atom is -0.391 e. The molecule has 1 aliphatic heterocycles. The Kier molecular flexibility index (Phi) is 4.22. The number of imidazole rings is 1. The number of anilines is 2. The number of hydrogen-bond acceptors (Lipinski definition) is 9. The van der Waals surface area contributed by atoms with Crippen molar-refractivity contribution in [1.29, 1.82) is 0 Å². The molecule has 2 N–H and O–H groups in total. The largest absolute Gasteiger partial charge is 0.391 e. The third kappa shape index (κ3) is 3.57. The summed E-state index contributed by atoms with van der Waals surface area (Å²) in [5, 5.41) is 21.1. The second-order valence-corrected chi connectivity index (χ2v) is 7.98. The van der Waals surface area contributed by atoms with Crippen molar-refractivity contribution in [3.63, 3.8) is 0 Å². The number of fused-ring (bicyclic) bond motifs is 1. The molecule has 0 amide bonds. The first kappa shape index (κ1) is 17.7. The monoisotopic (exact) mass is 372 g/mol. The van der Waals surface area contributed by atoms with Gasteiger partial charge < -0.3 is 19.9 Å². The van der Waals surface area contributed by atoms with Gasteiger partial charge in [0.25, 0.3) is 0 Å². The zero-order valence-electron chi connectivity index (χ0n) is 16.0. The van der Waals surface area contributed by atoms with E-state index < -0.39 is 0 Å². The van der Waals surface area contributed by atoms with Crippen molar-refractivity contribution >= 4 is 22.9 Å². The number of rotatable bonds is 4. The molecule has 1 atom stereocenters. The molecule has 4 heterocycles. The van der Waals surface area contributed by atoms with E-state index in [1.54, 1.807) is 6.33 Å². The van der Waals surface area contributed by atoms with Crippen LogP contribution in [-0.2, 0) is 6.54 Å². The molecule has 0 saturated carbocycles. The van der Waals surface area contributed by atoms with Crippen LogP contribution >= 0.6 is 0 Å². The second-order valence-electron chi connectivity index (χ2n) is 7.98. The Morgan fingerprint density at radius 1 is 1.30 bits per heavy atom. The van der Waals surface area contributed by atoms with Gasteiger partial charge in [-0.2, -0.15) is 9.97 Å². The SMILES string of the molecule is Cc1nonc1Cn1cnc2c(N3CC[C@H](O)C3)nc(NC(C)(C)C)nc21. The molecule has 0 unspecified atom stereocenters. The number of hydrogen-bond donors (Lipinski definition) is 2. The first-order chi connectivity index (χ1) is 12.8. The fraction of sp³-hybridized carbons (Fsp3) is 0.588. The van der Waals surface area contributed by atoms with E-state index in [1.807, 2.05) is 11.5 Å². The minimum atomic E-state index is -0.347. The van der Waals surface area contributed by atoms with E-state index in [0.717, 1.165) is 30.2 Å². The molecule has 10 heteroatoms. The van der Waals surface area contributed by atoms with Crippen molar-refractivity contribution in [2.45, 2.75) is 52.3 Å². The number of aliphatic hydroxyl groups excluding tert-OH is 1. The molecule has 3 aromatic heterocycles. The summed E-state index contributed by atoms with van der Waals surface area (Å²) in [6.45, 7) is 9.76. The summed E-state index contributed by atoms with van der Waals surface area (Å²) in [5.41, 5.74) is 2.69. The number of β-amino-alcohol motifs (C(OH)–C–C–N with tert-alkyl or cyclic N) is 1. The highest BCUT2D eigenvalue weighted by molar-refractivity contribution is 5.85. The summed E-state index contributed by atoms with van der Waals surface area (Å²) in [6.07, 6.45) is 2.10. The number of aliphatic hydroxyl groups is 1. The van der Waals surface area contributed by atoms with Gasteiger partial charge in [-0.25, -0.2) is 9.61 Å². The Balaban J connectivity index is 1.79. The molecule has 10 nitrogen and oxygen atoms in total. The summed E-state index contributed by atoms with van der Waals surface area (Å²) >= 11 is 0. The van der Waals surface area contributed by atoms with Gasteiger partial charge in [0.1, 0.15) is 11.4 Å². The van der Waals surface area contributed by atoms with E-state index in [-0.39, 0.29) is 11.6 Å². The molecule has 4 rings (SSSR count). The lowest BCUT2D eigenvalue weighted by Gasteiger charge is -2.23. The number of nitrogens with zero attached hydrogens (tertiary/aromatic N) is 7. The van der Waals surface area contributed by atoms with E-state index >= 15 is 0 Å². The van der Waals surface area contributed by atoms with Crippen LogP contribution in [0.25, 0.3) is 11.2 Å². The Morgan fingerprint density at radius 2 is 2.11 bits per heavy atom. The van der Waals surface area contributed by atoms with Crippen molar-refractivity contribution in [3.05, 3.63) is 17.7 Å². The molecule has 0 bridgehead atoms. The normalized spacial score (nSPS) is 17.8. The third-order valence-corrected chi connectivity index (χ3v) is 4.46. The molecule has 0 aromatic carbocycles. The van der Waals surface area contributed by atoms with Crippen LogP contribution in [0.2, 0.25) is 0 Å². The molecule has 0 radical (unpaired) electrons. The van der Waals surface area contributed by atoms with Crippen LogP contribution in [-0.4, -0.2) is 59.7 Å². The molecule has 27 heavy (non-hydrogen) atoms.